The number of amides is 2. The van der Waals surface area contributed by atoms with E-state index in [-0.39, 0.29) is 11.8 Å². The summed E-state index contributed by atoms with van der Waals surface area (Å²) in [5.41, 5.74) is 0.413. The molecule has 0 fully saturated rings. The molecule has 2 amide bonds. The molecule has 2 rings (SSSR count). The maximum absolute atomic E-state index is 12.4. The molecule has 5 nitrogen and oxygen atoms in total. The van der Waals surface area contributed by atoms with E-state index >= 15 is 0 Å². The van der Waals surface area contributed by atoms with Crippen LogP contribution in [0.25, 0.3) is 0 Å². The summed E-state index contributed by atoms with van der Waals surface area (Å²) in [6.45, 7) is 3.59. The molecule has 0 aliphatic carbocycles. The molecular formula is C19H22N2O3. The Morgan fingerprint density at radius 2 is 1.58 bits per heavy atom. The lowest BCUT2D eigenvalue weighted by atomic mass is 9.90. The first-order chi connectivity index (χ1) is 11.4. The summed E-state index contributed by atoms with van der Waals surface area (Å²) < 4.78 is 5.08. The summed E-state index contributed by atoms with van der Waals surface area (Å²) in [6.07, 6.45) is 0. The van der Waals surface area contributed by atoms with Gasteiger partial charge in [-0.3, -0.25) is 9.59 Å². The molecule has 0 atom stereocenters. The zero-order valence-corrected chi connectivity index (χ0v) is 14.1. The van der Waals surface area contributed by atoms with E-state index in [9.17, 15) is 9.59 Å². The average molecular weight is 326 g/mol. The molecule has 2 aromatic rings. The van der Waals surface area contributed by atoms with Gasteiger partial charge in [0.05, 0.1) is 7.11 Å². The average Bonchev–Trinajstić information content (AvgIpc) is 2.61. The SMILES string of the molecule is COc1ccc(NC(=O)C(C)(C)C(=O)NCc2ccccc2)cc1. The monoisotopic (exact) mass is 326 g/mol. The van der Waals surface area contributed by atoms with Gasteiger partial charge in [-0.15, -0.1) is 0 Å². The number of hydrogen-bond donors (Lipinski definition) is 2. The predicted octanol–water partition coefficient (Wildman–Crippen LogP) is 2.98. The fourth-order valence-electron chi connectivity index (χ4n) is 2.06. The van der Waals surface area contributed by atoms with Crippen molar-refractivity contribution in [3.05, 3.63) is 60.2 Å². The number of benzene rings is 2. The Bertz CT molecular complexity index is 694. The van der Waals surface area contributed by atoms with Crippen molar-refractivity contribution in [1.82, 2.24) is 5.32 Å². The van der Waals surface area contributed by atoms with Gasteiger partial charge in [0.25, 0.3) is 0 Å². The molecule has 2 N–H and O–H groups in total. The number of carbonyl (C=O) groups is 2. The Morgan fingerprint density at radius 3 is 2.17 bits per heavy atom. The molecule has 0 saturated heterocycles. The molecule has 24 heavy (non-hydrogen) atoms. The molecule has 0 bridgehead atoms. The van der Waals surface area contributed by atoms with Crippen LogP contribution < -0.4 is 15.4 Å². The van der Waals surface area contributed by atoms with Gasteiger partial charge in [-0.1, -0.05) is 30.3 Å². The third-order valence-electron chi connectivity index (χ3n) is 3.78. The molecule has 126 valence electrons. The van der Waals surface area contributed by atoms with Crippen molar-refractivity contribution in [2.45, 2.75) is 20.4 Å². The Hall–Kier alpha value is -2.82. The largest absolute Gasteiger partial charge is 0.497 e. The van der Waals surface area contributed by atoms with Gasteiger partial charge in [0.15, 0.2) is 0 Å². The number of nitrogens with one attached hydrogen (secondary N) is 2. The highest BCUT2D eigenvalue weighted by atomic mass is 16.5. The van der Waals surface area contributed by atoms with E-state index in [2.05, 4.69) is 10.6 Å². The van der Waals surface area contributed by atoms with Crippen LogP contribution in [-0.2, 0) is 16.1 Å². The molecule has 0 unspecified atom stereocenters. The van der Waals surface area contributed by atoms with Crippen LogP contribution in [0.5, 0.6) is 5.75 Å². The van der Waals surface area contributed by atoms with Gasteiger partial charge >= 0.3 is 0 Å². The van der Waals surface area contributed by atoms with Crippen molar-refractivity contribution in [2.75, 3.05) is 12.4 Å². The van der Waals surface area contributed by atoms with Crippen LogP contribution in [0, 0.1) is 5.41 Å². The van der Waals surface area contributed by atoms with E-state index in [1.54, 1.807) is 45.2 Å². The van der Waals surface area contributed by atoms with Gasteiger partial charge in [0.2, 0.25) is 11.8 Å². The highest BCUT2D eigenvalue weighted by Gasteiger charge is 2.35. The standard InChI is InChI=1S/C19H22N2O3/c1-19(2,17(22)20-13-14-7-5-4-6-8-14)18(23)21-15-9-11-16(24-3)12-10-15/h4-12H,13H2,1-3H3,(H,20,22)(H,21,23). The lowest BCUT2D eigenvalue weighted by Gasteiger charge is -2.22. The van der Waals surface area contributed by atoms with Crippen molar-refractivity contribution in [2.24, 2.45) is 5.41 Å². The first kappa shape index (κ1) is 17.5. The Kier molecular flexibility index (Phi) is 5.58. The fourth-order valence-corrected chi connectivity index (χ4v) is 2.06. The Balaban J connectivity index is 1.96. The van der Waals surface area contributed by atoms with Crippen molar-refractivity contribution in [1.29, 1.82) is 0 Å². The van der Waals surface area contributed by atoms with Gasteiger partial charge < -0.3 is 15.4 Å². The summed E-state index contributed by atoms with van der Waals surface area (Å²) in [6, 6.07) is 16.5. The molecule has 2 aromatic carbocycles. The maximum atomic E-state index is 12.4. The van der Waals surface area contributed by atoms with Crippen molar-refractivity contribution in [3.8, 4) is 5.75 Å². The smallest absolute Gasteiger partial charge is 0.239 e. The lowest BCUT2D eigenvalue weighted by molar-refractivity contribution is -0.138. The van der Waals surface area contributed by atoms with Gasteiger partial charge in [0.1, 0.15) is 11.2 Å². The summed E-state index contributed by atoms with van der Waals surface area (Å²) in [7, 11) is 1.58. The first-order valence-electron chi connectivity index (χ1n) is 7.71. The first-order valence-corrected chi connectivity index (χ1v) is 7.71. The summed E-state index contributed by atoms with van der Waals surface area (Å²) in [4.78, 5) is 24.8. The molecule has 5 heteroatoms. The van der Waals surface area contributed by atoms with Gasteiger partial charge in [0, 0.05) is 12.2 Å². The molecule has 0 spiro atoms. The van der Waals surface area contributed by atoms with E-state index in [0.29, 0.717) is 18.0 Å². The van der Waals surface area contributed by atoms with Crippen LogP contribution in [0.3, 0.4) is 0 Å². The third kappa shape index (κ3) is 4.35. The minimum Gasteiger partial charge on any atom is -0.497 e. The Labute approximate surface area is 142 Å². The third-order valence-corrected chi connectivity index (χ3v) is 3.78. The summed E-state index contributed by atoms with van der Waals surface area (Å²) in [5, 5.41) is 5.56. The maximum Gasteiger partial charge on any atom is 0.239 e. The van der Waals surface area contributed by atoms with Gasteiger partial charge in [-0.25, -0.2) is 0 Å². The second kappa shape index (κ2) is 7.64. The van der Waals surface area contributed by atoms with E-state index in [4.69, 9.17) is 4.74 Å². The van der Waals surface area contributed by atoms with E-state index in [1.807, 2.05) is 30.3 Å². The van der Waals surface area contributed by atoms with Gasteiger partial charge in [-0.05, 0) is 43.7 Å². The number of hydrogen-bond acceptors (Lipinski definition) is 3. The van der Waals surface area contributed by atoms with Crippen LogP contribution in [0.2, 0.25) is 0 Å². The van der Waals surface area contributed by atoms with Crippen LogP contribution in [-0.4, -0.2) is 18.9 Å². The number of rotatable bonds is 6. The molecule has 0 aliphatic heterocycles. The minimum absolute atomic E-state index is 0.322. The van der Waals surface area contributed by atoms with E-state index in [0.717, 1.165) is 5.56 Å². The number of carbonyl (C=O) groups excluding carboxylic acids is 2. The molecular weight excluding hydrogens is 304 g/mol. The van der Waals surface area contributed by atoms with Gasteiger partial charge in [-0.2, -0.15) is 0 Å². The van der Waals surface area contributed by atoms with E-state index < -0.39 is 5.41 Å². The lowest BCUT2D eigenvalue weighted by Crippen LogP contribution is -2.44. The number of ether oxygens (including phenoxy) is 1. The summed E-state index contributed by atoms with van der Waals surface area (Å²) >= 11 is 0. The van der Waals surface area contributed by atoms with Crippen molar-refractivity contribution >= 4 is 17.5 Å². The number of methoxy groups -OCH3 is 1. The second-order valence-electron chi connectivity index (χ2n) is 5.98. The second-order valence-corrected chi connectivity index (χ2v) is 5.98. The van der Waals surface area contributed by atoms with Crippen molar-refractivity contribution < 1.29 is 14.3 Å². The Morgan fingerprint density at radius 1 is 0.958 bits per heavy atom. The molecule has 0 aliphatic rings. The van der Waals surface area contributed by atoms with E-state index in [1.165, 1.54) is 0 Å². The fraction of sp³-hybridized carbons (Fsp3) is 0.263. The normalized spacial score (nSPS) is 10.8. The zero-order chi connectivity index (χ0) is 17.6. The molecule has 0 saturated carbocycles. The molecule has 0 heterocycles. The van der Waals surface area contributed by atoms with Crippen LogP contribution >= 0.6 is 0 Å². The topological polar surface area (TPSA) is 67.4 Å². The van der Waals surface area contributed by atoms with Crippen LogP contribution in [0.1, 0.15) is 19.4 Å². The molecule has 0 aromatic heterocycles. The van der Waals surface area contributed by atoms with Crippen molar-refractivity contribution in [3.63, 3.8) is 0 Å². The minimum atomic E-state index is -1.19. The quantitative estimate of drug-likeness (QED) is 0.802. The highest BCUT2D eigenvalue weighted by Crippen LogP contribution is 2.21. The highest BCUT2D eigenvalue weighted by molar-refractivity contribution is 6.09. The van der Waals surface area contributed by atoms with Crippen LogP contribution in [0.4, 0.5) is 5.69 Å². The molecule has 0 radical (unpaired) electrons. The zero-order valence-electron chi connectivity index (χ0n) is 14.1. The number of anilines is 1. The predicted molar refractivity (Wildman–Crippen MR) is 93.7 cm³/mol. The van der Waals surface area contributed by atoms with Crippen LogP contribution in [0.15, 0.2) is 54.6 Å². The summed E-state index contributed by atoms with van der Waals surface area (Å²) in [5.74, 6) is 0.0171.